The van der Waals surface area contributed by atoms with Gasteiger partial charge in [-0.25, -0.2) is 9.78 Å². The highest BCUT2D eigenvalue weighted by atomic mass is 32.1. The zero-order chi connectivity index (χ0) is 26.8. The molecule has 1 atom stereocenters. The summed E-state index contributed by atoms with van der Waals surface area (Å²) in [6, 6.07) is 14.8. The van der Waals surface area contributed by atoms with Crippen molar-refractivity contribution in [3.63, 3.8) is 0 Å². The van der Waals surface area contributed by atoms with Gasteiger partial charge in [-0.3, -0.25) is 4.79 Å². The Kier molecular flexibility index (Phi) is 7.33. The Hall–Kier alpha value is -3.91. The lowest BCUT2D eigenvalue weighted by molar-refractivity contribution is 0.0526. The number of pyridine rings is 1. The van der Waals surface area contributed by atoms with E-state index in [1.807, 2.05) is 42.5 Å². The van der Waals surface area contributed by atoms with Crippen LogP contribution < -0.4 is 14.8 Å². The standard InChI is InChI=1S/C30H30N2O5S/c1-5-37-30(34)27-20-12-10-17(2)14-26(20)38-29(27)32-28(33)21-16-23(31-22-9-7-6-8-19(21)22)18-11-13-24(35-3)25(15-18)36-4/h6-9,11,13,15-17H,5,10,12,14H2,1-4H3,(H,32,33)/t17-/m0/s1. The molecule has 7 nitrogen and oxygen atoms in total. The fourth-order valence-electron chi connectivity index (χ4n) is 4.94. The molecule has 5 rings (SSSR count). The highest BCUT2D eigenvalue weighted by molar-refractivity contribution is 7.17. The smallest absolute Gasteiger partial charge is 0.341 e. The van der Waals surface area contributed by atoms with E-state index in [4.69, 9.17) is 19.2 Å². The number of amides is 1. The van der Waals surface area contributed by atoms with Gasteiger partial charge in [0.1, 0.15) is 5.00 Å². The molecule has 2 heterocycles. The van der Waals surface area contributed by atoms with Crippen molar-refractivity contribution >= 4 is 39.1 Å². The van der Waals surface area contributed by atoms with E-state index in [2.05, 4.69) is 12.2 Å². The van der Waals surface area contributed by atoms with Gasteiger partial charge in [-0.05, 0) is 68.0 Å². The number of carbonyl (C=O) groups excluding carboxylic acids is 2. The van der Waals surface area contributed by atoms with Crippen molar-refractivity contribution in [1.82, 2.24) is 4.98 Å². The lowest BCUT2D eigenvalue weighted by atomic mass is 9.88. The number of methoxy groups -OCH3 is 2. The number of anilines is 1. The van der Waals surface area contributed by atoms with Crippen LogP contribution in [-0.4, -0.2) is 37.7 Å². The second-order valence-corrected chi connectivity index (χ2v) is 10.5. The maximum atomic E-state index is 13.8. The number of esters is 1. The molecule has 1 amide bonds. The Labute approximate surface area is 225 Å². The molecule has 38 heavy (non-hydrogen) atoms. The van der Waals surface area contributed by atoms with Crippen LogP contribution in [0.3, 0.4) is 0 Å². The molecule has 0 saturated carbocycles. The lowest BCUT2D eigenvalue weighted by Crippen LogP contribution is -2.17. The summed E-state index contributed by atoms with van der Waals surface area (Å²) in [4.78, 5) is 32.7. The second-order valence-electron chi connectivity index (χ2n) is 9.37. The second kappa shape index (κ2) is 10.8. The van der Waals surface area contributed by atoms with E-state index < -0.39 is 0 Å². The van der Waals surface area contributed by atoms with Gasteiger partial charge in [-0.15, -0.1) is 11.3 Å². The predicted octanol–water partition coefficient (Wildman–Crippen LogP) is 6.53. The minimum absolute atomic E-state index is 0.275. The molecule has 0 spiro atoms. The molecule has 0 aliphatic heterocycles. The Bertz CT molecular complexity index is 1530. The molecule has 8 heteroatoms. The van der Waals surface area contributed by atoms with Crippen LogP contribution in [0.2, 0.25) is 0 Å². The Morgan fingerprint density at radius 1 is 1.08 bits per heavy atom. The molecule has 0 bridgehead atoms. The number of benzene rings is 2. The van der Waals surface area contributed by atoms with Crippen LogP contribution in [0.1, 0.15) is 51.4 Å². The minimum Gasteiger partial charge on any atom is -0.493 e. The molecule has 4 aromatic rings. The van der Waals surface area contributed by atoms with E-state index in [1.165, 1.54) is 11.3 Å². The molecule has 0 saturated heterocycles. The summed E-state index contributed by atoms with van der Waals surface area (Å²) in [5.41, 5.74) is 4.07. The molecule has 1 aliphatic rings. The number of hydrogen-bond acceptors (Lipinski definition) is 7. The van der Waals surface area contributed by atoms with E-state index in [1.54, 1.807) is 27.2 Å². The zero-order valence-electron chi connectivity index (χ0n) is 21.9. The highest BCUT2D eigenvalue weighted by Gasteiger charge is 2.29. The number of rotatable bonds is 7. The minimum atomic E-state index is -0.388. The number of thiophene rings is 1. The van der Waals surface area contributed by atoms with E-state index >= 15 is 0 Å². The Balaban J connectivity index is 1.58. The average molecular weight is 531 g/mol. The largest absolute Gasteiger partial charge is 0.493 e. The molecule has 1 N–H and O–H groups in total. The van der Waals surface area contributed by atoms with E-state index in [0.29, 0.717) is 44.8 Å². The summed E-state index contributed by atoms with van der Waals surface area (Å²) in [7, 11) is 3.17. The molecule has 2 aromatic heterocycles. The average Bonchev–Trinajstić information content (AvgIpc) is 3.28. The molecular formula is C30H30N2O5S. The fraction of sp³-hybridized carbons (Fsp3) is 0.300. The number of aromatic nitrogens is 1. The van der Waals surface area contributed by atoms with Gasteiger partial charge < -0.3 is 19.5 Å². The van der Waals surface area contributed by atoms with E-state index in [-0.39, 0.29) is 18.5 Å². The summed E-state index contributed by atoms with van der Waals surface area (Å²) >= 11 is 1.48. The SMILES string of the molecule is CCOC(=O)c1c(NC(=O)c2cc(-c3ccc(OC)c(OC)c3)nc3ccccc23)sc2c1CC[C@H](C)C2. The van der Waals surface area contributed by atoms with E-state index in [9.17, 15) is 9.59 Å². The van der Waals surface area contributed by atoms with Gasteiger partial charge in [-0.2, -0.15) is 0 Å². The summed E-state index contributed by atoms with van der Waals surface area (Å²) in [6.45, 7) is 4.27. The van der Waals surface area contributed by atoms with E-state index in [0.717, 1.165) is 40.7 Å². The first kappa shape index (κ1) is 25.7. The van der Waals surface area contributed by atoms with Crippen molar-refractivity contribution in [1.29, 1.82) is 0 Å². The number of fused-ring (bicyclic) bond motifs is 2. The molecule has 2 aromatic carbocycles. The van der Waals surface area contributed by atoms with Crippen LogP contribution in [0.5, 0.6) is 11.5 Å². The molecule has 0 radical (unpaired) electrons. The van der Waals surface area contributed by atoms with Gasteiger partial charge in [0.2, 0.25) is 0 Å². The molecular weight excluding hydrogens is 500 g/mol. The van der Waals surface area contributed by atoms with Gasteiger partial charge in [0.15, 0.2) is 11.5 Å². The Morgan fingerprint density at radius 2 is 1.87 bits per heavy atom. The normalized spacial score (nSPS) is 14.6. The highest BCUT2D eigenvalue weighted by Crippen LogP contribution is 2.41. The monoisotopic (exact) mass is 530 g/mol. The van der Waals surface area contributed by atoms with Gasteiger partial charge >= 0.3 is 5.97 Å². The van der Waals surface area contributed by atoms with Crippen LogP contribution in [0.4, 0.5) is 5.00 Å². The van der Waals surface area contributed by atoms with Gasteiger partial charge in [-0.1, -0.05) is 25.1 Å². The fourth-order valence-corrected chi connectivity index (χ4v) is 6.33. The third kappa shape index (κ3) is 4.84. The summed E-state index contributed by atoms with van der Waals surface area (Å²) in [5, 5.41) is 4.32. The topological polar surface area (TPSA) is 86.8 Å². The summed E-state index contributed by atoms with van der Waals surface area (Å²) in [5.74, 6) is 1.02. The number of nitrogens with zero attached hydrogens (tertiary/aromatic N) is 1. The molecule has 0 fully saturated rings. The Morgan fingerprint density at radius 3 is 2.63 bits per heavy atom. The zero-order valence-corrected chi connectivity index (χ0v) is 22.7. The van der Waals surface area contributed by atoms with Crippen LogP contribution in [0.15, 0.2) is 48.5 Å². The van der Waals surface area contributed by atoms with Gasteiger partial charge in [0.05, 0.1) is 43.2 Å². The number of nitrogens with one attached hydrogen (secondary N) is 1. The lowest BCUT2D eigenvalue weighted by Gasteiger charge is -2.18. The van der Waals surface area contributed by atoms with Crippen LogP contribution in [0.25, 0.3) is 22.2 Å². The van der Waals surface area contributed by atoms with Crippen molar-refractivity contribution in [2.45, 2.75) is 33.1 Å². The molecule has 196 valence electrons. The van der Waals surface area contributed by atoms with Crippen LogP contribution in [0, 0.1) is 5.92 Å². The van der Waals surface area contributed by atoms with Gasteiger partial charge in [0.25, 0.3) is 5.91 Å². The number of para-hydroxylation sites is 1. The third-order valence-electron chi connectivity index (χ3n) is 6.86. The third-order valence-corrected chi connectivity index (χ3v) is 8.03. The summed E-state index contributed by atoms with van der Waals surface area (Å²) < 4.78 is 16.2. The maximum absolute atomic E-state index is 13.8. The molecule has 0 unspecified atom stereocenters. The first-order chi connectivity index (χ1) is 18.4. The number of ether oxygens (including phenoxy) is 3. The van der Waals surface area contributed by atoms with Crippen LogP contribution >= 0.6 is 11.3 Å². The maximum Gasteiger partial charge on any atom is 0.341 e. The first-order valence-corrected chi connectivity index (χ1v) is 13.5. The van der Waals surface area contributed by atoms with Crippen molar-refractivity contribution in [3.8, 4) is 22.8 Å². The van der Waals surface area contributed by atoms with Crippen molar-refractivity contribution in [3.05, 3.63) is 70.1 Å². The van der Waals surface area contributed by atoms with Crippen molar-refractivity contribution in [2.24, 2.45) is 5.92 Å². The first-order valence-electron chi connectivity index (χ1n) is 12.7. The number of carbonyl (C=O) groups is 2. The van der Waals surface area contributed by atoms with Crippen molar-refractivity contribution < 1.29 is 23.8 Å². The summed E-state index contributed by atoms with van der Waals surface area (Å²) in [6.07, 6.45) is 2.70. The predicted molar refractivity (Wildman–Crippen MR) is 150 cm³/mol. The van der Waals surface area contributed by atoms with Crippen LogP contribution in [-0.2, 0) is 17.6 Å². The van der Waals surface area contributed by atoms with Gasteiger partial charge in [0, 0.05) is 15.8 Å². The quantitative estimate of drug-likeness (QED) is 0.273. The number of hydrogen-bond donors (Lipinski definition) is 1. The van der Waals surface area contributed by atoms with Crippen molar-refractivity contribution in [2.75, 3.05) is 26.1 Å². The molecule has 1 aliphatic carbocycles.